The molecular weight excluding hydrogens is 244 g/mol. The largest absolute Gasteiger partial charge is 0.317 e. The van der Waals surface area contributed by atoms with E-state index >= 15 is 0 Å². The van der Waals surface area contributed by atoms with E-state index in [1.165, 1.54) is 63.8 Å². The van der Waals surface area contributed by atoms with Gasteiger partial charge in [0.05, 0.1) is 0 Å². The van der Waals surface area contributed by atoms with Crippen molar-refractivity contribution in [3.05, 3.63) is 35.9 Å². The van der Waals surface area contributed by atoms with Crippen LogP contribution in [0.1, 0.15) is 50.5 Å². The number of nitrogens with one attached hydrogen (secondary N) is 1. The number of benzene rings is 1. The fourth-order valence-electron chi connectivity index (χ4n) is 3.15. The summed E-state index contributed by atoms with van der Waals surface area (Å²) in [6, 6.07) is 11.0. The highest BCUT2D eigenvalue weighted by Crippen LogP contribution is 2.26. The fourth-order valence-corrected chi connectivity index (χ4v) is 3.15. The molecule has 1 heterocycles. The Morgan fingerprint density at radius 3 is 2.70 bits per heavy atom. The molecule has 2 heteroatoms. The summed E-state index contributed by atoms with van der Waals surface area (Å²) in [6.07, 6.45) is 6.80. The summed E-state index contributed by atoms with van der Waals surface area (Å²) in [5.74, 6) is 0.768. The minimum absolute atomic E-state index is 0.768. The van der Waals surface area contributed by atoms with Crippen LogP contribution in [-0.4, -0.2) is 37.6 Å². The van der Waals surface area contributed by atoms with Gasteiger partial charge in [-0.1, -0.05) is 50.1 Å². The molecule has 1 atom stereocenters. The molecule has 112 valence electrons. The van der Waals surface area contributed by atoms with Crippen LogP contribution in [0.4, 0.5) is 0 Å². The average Bonchev–Trinajstić information content (AvgIpc) is 2.96. The van der Waals surface area contributed by atoms with E-state index in [9.17, 15) is 0 Å². The van der Waals surface area contributed by atoms with Crippen LogP contribution in [0.3, 0.4) is 0 Å². The quantitative estimate of drug-likeness (QED) is 0.692. The second kappa shape index (κ2) is 9.15. The van der Waals surface area contributed by atoms with Crippen LogP contribution in [0.2, 0.25) is 0 Å². The SMILES string of the molecule is CCNCCCCCCN1CCC(c2ccccc2)C1. The molecule has 0 amide bonds. The Kier molecular flexibility index (Phi) is 7.10. The summed E-state index contributed by atoms with van der Waals surface area (Å²) < 4.78 is 0. The lowest BCUT2D eigenvalue weighted by Gasteiger charge is -2.16. The molecule has 0 aliphatic carbocycles. The molecule has 1 fully saturated rings. The van der Waals surface area contributed by atoms with Crippen molar-refractivity contribution >= 4 is 0 Å². The highest BCUT2D eigenvalue weighted by atomic mass is 15.1. The van der Waals surface area contributed by atoms with Gasteiger partial charge in [0.2, 0.25) is 0 Å². The number of likely N-dealkylation sites (tertiary alicyclic amines) is 1. The normalized spacial score (nSPS) is 19.6. The van der Waals surface area contributed by atoms with Crippen molar-refractivity contribution in [2.45, 2.75) is 44.9 Å². The van der Waals surface area contributed by atoms with Gasteiger partial charge in [-0.05, 0) is 56.9 Å². The third-order valence-corrected chi connectivity index (χ3v) is 4.37. The second-order valence-electron chi connectivity index (χ2n) is 5.96. The molecule has 1 aromatic carbocycles. The van der Waals surface area contributed by atoms with Crippen molar-refractivity contribution in [1.82, 2.24) is 10.2 Å². The third kappa shape index (κ3) is 5.26. The smallest absolute Gasteiger partial charge is 0.00507 e. The molecule has 1 aliphatic rings. The van der Waals surface area contributed by atoms with Crippen LogP contribution >= 0.6 is 0 Å². The van der Waals surface area contributed by atoms with Crippen molar-refractivity contribution in [3.8, 4) is 0 Å². The van der Waals surface area contributed by atoms with E-state index in [4.69, 9.17) is 0 Å². The molecule has 0 radical (unpaired) electrons. The second-order valence-corrected chi connectivity index (χ2v) is 5.96. The van der Waals surface area contributed by atoms with Crippen LogP contribution in [0, 0.1) is 0 Å². The van der Waals surface area contributed by atoms with E-state index in [1.54, 1.807) is 0 Å². The van der Waals surface area contributed by atoms with Gasteiger partial charge in [-0.2, -0.15) is 0 Å². The number of hydrogen-bond donors (Lipinski definition) is 1. The molecule has 1 aliphatic heterocycles. The number of nitrogens with zero attached hydrogens (tertiary/aromatic N) is 1. The molecule has 20 heavy (non-hydrogen) atoms. The lowest BCUT2D eigenvalue weighted by atomic mass is 9.99. The van der Waals surface area contributed by atoms with E-state index in [1.807, 2.05) is 0 Å². The van der Waals surface area contributed by atoms with Crippen LogP contribution in [0.15, 0.2) is 30.3 Å². The lowest BCUT2D eigenvalue weighted by Crippen LogP contribution is -2.21. The first-order valence-electron chi connectivity index (χ1n) is 8.38. The summed E-state index contributed by atoms with van der Waals surface area (Å²) in [6.45, 7) is 8.32. The Bertz CT molecular complexity index is 350. The van der Waals surface area contributed by atoms with E-state index in [0.717, 1.165) is 12.5 Å². The maximum absolute atomic E-state index is 3.39. The summed E-state index contributed by atoms with van der Waals surface area (Å²) in [7, 11) is 0. The van der Waals surface area contributed by atoms with Gasteiger partial charge in [-0.25, -0.2) is 0 Å². The highest BCUT2D eigenvalue weighted by Gasteiger charge is 2.22. The fraction of sp³-hybridized carbons (Fsp3) is 0.667. The summed E-state index contributed by atoms with van der Waals surface area (Å²) >= 11 is 0. The first kappa shape index (κ1) is 15.5. The Labute approximate surface area is 124 Å². The van der Waals surface area contributed by atoms with E-state index < -0.39 is 0 Å². The minimum Gasteiger partial charge on any atom is -0.317 e. The van der Waals surface area contributed by atoms with Crippen LogP contribution in [0.25, 0.3) is 0 Å². The third-order valence-electron chi connectivity index (χ3n) is 4.37. The minimum atomic E-state index is 0.768. The standard InChI is InChI=1S/C18H30N2/c1-2-19-13-8-3-4-9-14-20-15-12-18(16-20)17-10-6-5-7-11-17/h5-7,10-11,18-19H,2-4,8-9,12-16H2,1H3. The van der Waals surface area contributed by atoms with Crippen LogP contribution < -0.4 is 5.32 Å². The van der Waals surface area contributed by atoms with E-state index in [-0.39, 0.29) is 0 Å². The van der Waals surface area contributed by atoms with Gasteiger partial charge in [-0.3, -0.25) is 0 Å². The Morgan fingerprint density at radius 1 is 1.10 bits per heavy atom. The Morgan fingerprint density at radius 2 is 1.90 bits per heavy atom. The number of hydrogen-bond acceptors (Lipinski definition) is 2. The van der Waals surface area contributed by atoms with E-state index in [0.29, 0.717) is 0 Å². The zero-order chi connectivity index (χ0) is 14.0. The molecule has 0 saturated carbocycles. The van der Waals surface area contributed by atoms with Crippen molar-refractivity contribution in [3.63, 3.8) is 0 Å². The monoisotopic (exact) mass is 274 g/mol. The molecule has 0 aromatic heterocycles. The Hall–Kier alpha value is -0.860. The number of unbranched alkanes of at least 4 members (excludes halogenated alkanes) is 3. The molecule has 2 rings (SSSR count). The van der Waals surface area contributed by atoms with Crippen molar-refractivity contribution in [1.29, 1.82) is 0 Å². The lowest BCUT2D eigenvalue weighted by molar-refractivity contribution is 0.323. The van der Waals surface area contributed by atoms with Gasteiger partial charge < -0.3 is 10.2 Å². The maximum Gasteiger partial charge on any atom is 0.00507 e. The molecule has 2 nitrogen and oxygen atoms in total. The molecule has 1 N–H and O–H groups in total. The highest BCUT2D eigenvalue weighted by molar-refractivity contribution is 5.20. The molecule has 0 bridgehead atoms. The van der Waals surface area contributed by atoms with Crippen molar-refractivity contribution in [2.75, 3.05) is 32.7 Å². The summed E-state index contributed by atoms with van der Waals surface area (Å²) in [5, 5.41) is 3.39. The van der Waals surface area contributed by atoms with Crippen LogP contribution in [0.5, 0.6) is 0 Å². The Balaban J connectivity index is 1.55. The first-order chi connectivity index (χ1) is 9.90. The molecular formula is C18H30N2. The van der Waals surface area contributed by atoms with Gasteiger partial charge in [-0.15, -0.1) is 0 Å². The summed E-state index contributed by atoms with van der Waals surface area (Å²) in [4.78, 5) is 2.65. The predicted molar refractivity (Wildman–Crippen MR) is 87.3 cm³/mol. The van der Waals surface area contributed by atoms with Gasteiger partial charge in [0, 0.05) is 6.54 Å². The average molecular weight is 274 g/mol. The number of rotatable bonds is 9. The van der Waals surface area contributed by atoms with E-state index in [2.05, 4.69) is 47.5 Å². The predicted octanol–water partition coefficient (Wildman–Crippen LogP) is 3.65. The van der Waals surface area contributed by atoms with Gasteiger partial charge in [0.15, 0.2) is 0 Å². The topological polar surface area (TPSA) is 15.3 Å². The molecule has 1 unspecified atom stereocenters. The van der Waals surface area contributed by atoms with Crippen LogP contribution in [-0.2, 0) is 0 Å². The van der Waals surface area contributed by atoms with Crippen molar-refractivity contribution in [2.24, 2.45) is 0 Å². The van der Waals surface area contributed by atoms with Gasteiger partial charge in [0.25, 0.3) is 0 Å². The van der Waals surface area contributed by atoms with Crippen molar-refractivity contribution < 1.29 is 0 Å². The molecule has 1 aromatic rings. The van der Waals surface area contributed by atoms with Gasteiger partial charge >= 0.3 is 0 Å². The maximum atomic E-state index is 3.39. The summed E-state index contributed by atoms with van der Waals surface area (Å²) in [5.41, 5.74) is 1.53. The first-order valence-corrected chi connectivity index (χ1v) is 8.38. The van der Waals surface area contributed by atoms with Gasteiger partial charge in [0.1, 0.15) is 0 Å². The zero-order valence-electron chi connectivity index (χ0n) is 13.0. The molecule has 0 spiro atoms. The molecule has 1 saturated heterocycles. The zero-order valence-corrected chi connectivity index (χ0v) is 13.0.